The number of methoxy groups -OCH3 is 1. The first-order valence-corrected chi connectivity index (χ1v) is 5.05. The Balaban J connectivity index is 2.59. The standard InChI is InChI=1S/C12H12FN3O2/c1-18-9-5-10(12(14)17)16(7-9)6-8-2-3-15-11(13)4-8/h2-5,7H,6H2,1H3,(H2,14,17)/i6D2. The van der Waals surface area contributed by atoms with Gasteiger partial charge in [-0.15, -0.1) is 0 Å². The molecule has 0 radical (unpaired) electrons. The second-order valence-electron chi connectivity index (χ2n) is 3.48. The number of primary amides is 1. The lowest BCUT2D eigenvalue weighted by Crippen LogP contribution is -2.16. The highest BCUT2D eigenvalue weighted by atomic mass is 19.1. The molecule has 0 saturated carbocycles. The van der Waals surface area contributed by atoms with Crippen molar-refractivity contribution >= 4 is 5.91 Å². The number of nitrogens with two attached hydrogens (primary N) is 1. The molecule has 6 heteroatoms. The van der Waals surface area contributed by atoms with Crippen molar-refractivity contribution in [3.63, 3.8) is 0 Å². The maximum atomic E-state index is 13.1. The molecule has 0 saturated heterocycles. The average Bonchev–Trinajstić information content (AvgIpc) is 2.83. The van der Waals surface area contributed by atoms with Gasteiger partial charge in [-0.05, 0) is 17.7 Å². The third kappa shape index (κ3) is 2.48. The van der Waals surface area contributed by atoms with Gasteiger partial charge in [0, 0.05) is 25.0 Å². The van der Waals surface area contributed by atoms with E-state index in [1.165, 1.54) is 25.4 Å². The lowest BCUT2D eigenvalue weighted by molar-refractivity contribution is 0.0992. The van der Waals surface area contributed by atoms with Gasteiger partial charge in [-0.25, -0.2) is 4.98 Å². The van der Waals surface area contributed by atoms with E-state index in [-0.39, 0.29) is 17.0 Å². The Labute approximate surface area is 106 Å². The van der Waals surface area contributed by atoms with E-state index < -0.39 is 18.4 Å². The van der Waals surface area contributed by atoms with E-state index >= 15 is 0 Å². The predicted molar refractivity (Wildman–Crippen MR) is 62.8 cm³/mol. The molecule has 18 heavy (non-hydrogen) atoms. The van der Waals surface area contributed by atoms with Crippen molar-refractivity contribution in [1.29, 1.82) is 0 Å². The molecule has 0 fully saturated rings. The molecule has 94 valence electrons. The lowest BCUT2D eigenvalue weighted by Gasteiger charge is -2.06. The molecule has 0 atom stereocenters. The van der Waals surface area contributed by atoms with Gasteiger partial charge in [0.15, 0.2) is 0 Å². The van der Waals surface area contributed by atoms with Gasteiger partial charge in [0.2, 0.25) is 5.95 Å². The third-order valence-electron chi connectivity index (χ3n) is 2.26. The maximum absolute atomic E-state index is 13.1. The average molecular weight is 251 g/mol. The van der Waals surface area contributed by atoms with Crippen molar-refractivity contribution in [3.8, 4) is 5.75 Å². The summed E-state index contributed by atoms with van der Waals surface area (Å²) >= 11 is 0. The highest BCUT2D eigenvalue weighted by molar-refractivity contribution is 5.91. The minimum absolute atomic E-state index is 0.00533. The van der Waals surface area contributed by atoms with Gasteiger partial charge in [0.1, 0.15) is 11.4 Å². The molecule has 0 spiro atoms. The second kappa shape index (κ2) is 4.87. The highest BCUT2D eigenvalue weighted by Gasteiger charge is 2.11. The minimum Gasteiger partial charge on any atom is -0.495 e. The van der Waals surface area contributed by atoms with Crippen molar-refractivity contribution in [1.82, 2.24) is 9.55 Å². The van der Waals surface area contributed by atoms with E-state index in [1.807, 2.05) is 0 Å². The number of hydrogen-bond acceptors (Lipinski definition) is 3. The summed E-state index contributed by atoms with van der Waals surface area (Å²) in [5.41, 5.74) is 5.14. The van der Waals surface area contributed by atoms with Crippen LogP contribution in [-0.4, -0.2) is 22.6 Å². The van der Waals surface area contributed by atoms with Gasteiger partial charge in [-0.3, -0.25) is 4.79 Å². The molecule has 0 aliphatic heterocycles. The molecule has 2 aromatic rings. The summed E-state index contributed by atoms with van der Waals surface area (Å²) in [5, 5.41) is 0. The zero-order valence-electron chi connectivity index (χ0n) is 11.6. The zero-order valence-corrected chi connectivity index (χ0v) is 9.55. The van der Waals surface area contributed by atoms with E-state index in [0.717, 1.165) is 16.8 Å². The molecule has 0 aliphatic rings. The predicted octanol–water partition coefficient (Wildman–Crippen LogP) is 1.18. The van der Waals surface area contributed by atoms with Crippen molar-refractivity contribution in [2.75, 3.05) is 7.11 Å². The fraction of sp³-hybridized carbons (Fsp3) is 0.167. The largest absolute Gasteiger partial charge is 0.495 e. The Morgan fingerprint density at radius 3 is 3.06 bits per heavy atom. The quantitative estimate of drug-likeness (QED) is 0.829. The first kappa shape index (κ1) is 9.64. The Bertz CT molecular complexity index is 658. The third-order valence-corrected chi connectivity index (χ3v) is 2.26. The van der Waals surface area contributed by atoms with E-state index in [9.17, 15) is 9.18 Å². The number of ether oxygens (including phenoxy) is 1. The fourth-order valence-corrected chi connectivity index (χ4v) is 1.44. The molecule has 5 nitrogen and oxygen atoms in total. The topological polar surface area (TPSA) is 70.1 Å². The number of carbonyl (C=O) groups excluding carboxylic acids is 1. The van der Waals surface area contributed by atoms with Crippen LogP contribution in [0.1, 0.15) is 18.8 Å². The SMILES string of the molecule is [2H]C([2H])(c1ccnc(F)c1)n1cc(OC)cc1C(N)=O. The van der Waals surface area contributed by atoms with E-state index in [4.69, 9.17) is 13.2 Å². The summed E-state index contributed by atoms with van der Waals surface area (Å²) < 4.78 is 35.3. The lowest BCUT2D eigenvalue weighted by atomic mass is 10.2. The molecule has 0 unspecified atom stereocenters. The molecule has 0 aliphatic carbocycles. The second-order valence-corrected chi connectivity index (χ2v) is 3.48. The van der Waals surface area contributed by atoms with Crippen LogP contribution in [0.5, 0.6) is 5.75 Å². The molecule has 0 bridgehead atoms. The van der Waals surface area contributed by atoms with Gasteiger partial charge < -0.3 is 15.0 Å². The summed E-state index contributed by atoms with van der Waals surface area (Å²) in [5.74, 6) is -1.35. The summed E-state index contributed by atoms with van der Waals surface area (Å²) in [6.45, 7) is -2.18. The molecule has 2 heterocycles. The van der Waals surface area contributed by atoms with Crippen LogP contribution < -0.4 is 10.5 Å². The zero-order chi connectivity index (χ0) is 14.9. The van der Waals surface area contributed by atoms with Gasteiger partial charge >= 0.3 is 0 Å². The summed E-state index contributed by atoms with van der Waals surface area (Å²) in [4.78, 5) is 14.8. The number of hydrogen-bond donors (Lipinski definition) is 1. The van der Waals surface area contributed by atoms with E-state index in [2.05, 4.69) is 4.98 Å². The van der Waals surface area contributed by atoms with Crippen LogP contribution in [-0.2, 0) is 6.50 Å². The Morgan fingerprint density at radius 1 is 1.67 bits per heavy atom. The van der Waals surface area contributed by atoms with E-state index in [0.29, 0.717) is 0 Å². The summed E-state index contributed by atoms with van der Waals surface area (Å²) in [6.07, 6.45) is 2.44. The van der Waals surface area contributed by atoms with Crippen LogP contribution in [0.4, 0.5) is 4.39 Å². The molecule has 1 amide bonds. The molecule has 2 rings (SSSR count). The van der Waals surface area contributed by atoms with Crippen LogP contribution in [0.2, 0.25) is 0 Å². The van der Waals surface area contributed by atoms with Crippen molar-refractivity contribution in [2.24, 2.45) is 5.73 Å². The smallest absolute Gasteiger partial charge is 0.265 e. The number of halogens is 1. The van der Waals surface area contributed by atoms with Gasteiger partial charge in [0.05, 0.1) is 9.85 Å². The van der Waals surface area contributed by atoms with Gasteiger partial charge in [-0.1, -0.05) is 0 Å². The number of amides is 1. The molecule has 2 aromatic heterocycles. The number of nitrogens with zero attached hydrogens (tertiary/aromatic N) is 2. The maximum Gasteiger partial charge on any atom is 0.265 e. The van der Waals surface area contributed by atoms with Crippen molar-refractivity contribution in [2.45, 2.75) is 6.50 Å². The van der Waals surface area contributed by atoms with Crippen LogP contribution in [0.15, 0.2) is 30.6 Å². The number of carbonyl (C=O) groups is 1. The summed E-state index contributed by atoms with van der Waals surface area (Å²) in [7, 11) is 1.38. The van der Waals surface area contributed by atoms with Crippen LogP contribution in [0.25, 0.3) is 0 Å². The normalized spacial score (nSPS) is 12.8. The van der Waals surface area contributed by atoms with Crippen molar-refractivity contribution in [3.05, 3.63) is 47.8 Å². The van der Waals surface area contributed by atoms with Gasteiger partial charge in [0.25, 0.3) is 5.91 Å². The minimum atomic E-state index is -2.18. The van der Waals surface area contributed by atoms with Crippen LogP contribution in [0.3, 0.4) is 0 Å². The number of pyridine rings is 1. The molecular formula is C12H12FN3O2. The van der Waals surface area contributed by atoms with Gasteiger partial charge in [-0.2, -0.15) is 4.39 Å². The molecule has 0 aromatic carbocycles. The first-order valence-electron chi connectivity index (χ1n) is 6.05. The Kier molecular flexibility index (Phi) is 2.61. The molecular weight excluding hydrogens is 237 g/mol. The fourth-order valence-electron chi connectivity index (χ4n) is 1.44. The number of rotatable bonds is 4. The monoisotopic (exact) mass is 251 g/mol. The molecule has 2 N–H and O–H groups in total. The van der Waals surface area contributed by atoms with Crippen LogP contribution >= 0.6 is 0 Å². The first-order chi connectivity index (χ1) is 9.36. The van der Waals surface area contributed by atoms with Crippen LogP contribution in [0, 0.1) is 5.95 Å². The Morgan fingerprint density at radius 2 is 2.44 bits per heavy atom. The Hall–Kier alpha value is -2.37. The highest BCUT2D eigenvalue weighted by Crippen LogP contribution is 2.17. The van der Waals surface area contributed by atoms with Crippen molar-refractivity contribution < 1.29 is 16.7 Å². The summed E-state index contributed by atoms with van der Waals surface area (Å²) in [6, 6.07) is 3.59. The van der Waals surface area contributed by atoms with E-state index in [1.54, 1.807) is 0 Å². The number of aromatic nitrogens is 2.